The summed E-state index contributed by atoms with van der Waals surface area (Å²) in [4.78, 5) is 15.9. The first-order chi connectivity index (χ1) is 10.2. The number of amides is 1. The SMILES string of the molecule is CNc1ccc(C(=O)NCCOc2cccc(C)c2)nc1. The van der Waals surface area contributed by atoms with E-state index in [9.17, 15) is 4.79 Å². The second kappa shape index (κ2) is 7.28. The Hall–Kier alpha value is -2.56. The first-order valence-electron chi connectivity index (χ1n) is 6.80. The third-order valence-corrected chi connectivity index (χ3v) is 2.93. The van der Waals surface area contributed by atoms with Crippen molar-refractivity contribution in [3.63, 3.8) is 0 Å². The molecule has 2 rings (SSSR count). The zero-order valence-corrected chi connectivity index (χ0v) is 12.2. The van der Waals surface area contributed by atoms with Gasteiger partial charge >= 0.3 is 0 Å². The van der Waals surface area contributed by atoms with E-state index in [0.717, 1.165) is 17.0 Å². The molecule has 0 aliphatic carbocycles. The maximum atomic E-state index is 11.9. The Morgan fingerprint density at radius 3 is 2.81 bits per heavy atom. The molecule has 0 fully saturated rings. The van der Waals surface area contributed by atoms with E-state index in [0.29, 0.717) is 18.8 Å². The van der Waals surface area contributed by atoms with E-state index in [1.54, 1.807) is 19.3 Å². The molecule has 1 aromatic heterocycles. The summed E-state index contributed by atoms with van der Waals surface area (Å²) in [5, 5.41) is 5.73. The summed E-state index contributed by atoms with van der Waals surface area (Å²) < 4.78 is 5.56. The van der Waals surface area contributed by atoms with Gasteiger partial charge in [0.1, 0.15) is 18.1 Å². The number of benzene rings is 1. The number of aromatic nitrogens is 1. The molecule has 0 spiro atoms. The van der Waals surface area contributed by atoms with Crippen LogP contribution in [0.2, 0.25) is 0 Å². The van der Waals surface area contributed by atoms with Gasteiger partial charge < -0.3 is 15.4 Å². The number of ether oxygens (including phenoxy) is 1. The lowest BCUT2D eigenvalue weighted by atomic mass is 10.2. The van der Waals surface area contributed by atoms with Gasteiger partial charge in [-0.1, -0.05) is 12.1 Å². The van der Waals surface area contributed by atoms with Crippen molar-refractivity contribution in [2.75, 3.05) is 25.5 Å². The van der Waals surface area contributed by atoms with Crippen LogP contribution in [0.5, 0.6) is 5.75 Å². The smallest absolute Gasteiger partial charge is 0.269 e. The van der Waals surface area contributed by atoms with Crippen LogP contribution in [0.1, 0.15) is 16.1 Å². The van der Waals surface area contributed by atoms with E-state index >= 15 is 0 Å². The molecule has 1 amide bonds. The average Bonchev–Trinajstić information content (AvgIpc) is 2.51. The maximum Gasteiger partial charge on any atom is 0.269 e. The van der Waals surface area contributed by atoms with Crippen LogP contribution in [-0.2, 0) is 0 Å². The summed E-state index contributed by atoms with van der Waals surface area (Å²) in [7, 11) is 1.80. The lowest BCUT2D eigenvalue weighted by Crippen LogP contribution is -2.28. The summed E-state index contributed by atoms with van der Waals surface area (Å²) in [6, 6.07) is 11.3. The fraction of sp³-hybridized carbons (Fsp3) is 0.250. The normalized spacial score (nSPS) is 10.0. The van der Waals surface area contributed by atoms with Crippen molar-refractivity contribution >= 4 is 11.6 Å². The second-order valence-corrected chi connectivity index (χ2v) is 4.60. The molecule has 2 aromatic rings. The van der Waals surface area contributed by atoms with E-state index in [2.05, 4.69) is 15.6 Å². The number of aryl methyl sites for hydroxylation is 1. The summed E-state index contributed by atoms with van der Waals surface area (Å²) in [5.41, 5.74) is 2.41. The lowest BCUT2D eigenvalue weighted by molar-refractivity contribution is 0.0942. The number of anilines is 1. The minimum absolute atomic E-state index is 0.203. The molecule has 0 saturated heterocycles. The predicted molar refractivity (Wildman–Crippen MR) is 82.8 cm³/mol. The standard InChI is InChI=1S/C16H19N3O2/c1-12-4-3-5-14(10-12)21-9-8-18-16(20)15-7-6-13(17-2)11-19-15/h3-7,10-11,17H,8-9H2,1-2H3,(H,18,20). The molecule has 110 valence electrons. The van der Waals surface area contributed by atoms with Crippen LogP contribution in [-0.4, -0.2) is 31.1 Å². The van der Waals surface area contributed by atoms with Crippen LogP contribution in [0, 0.1) is 6.92 Å². The van der Waals surface area contributed by atoms with Gasteiger partial charge in [-0.25, -0.2) is 4.98 Å². The van der Waals surface area contributed by atoms with Gasteiger partial charge in [0.05, 0.1) is 18.4 Å². The zero-order valence-electron chi connectivity index (χ0n) is 12.2. The Morgan fingerprint density at radius 1 is 1.29 bits per heavy atom. The summed E-state index contributed by atoms with van der Waals surface area (Å²) in [6.07, 6.45) is 1.62. The van der Waals surface area contributed by atoms with Crippen LogP contribution in [0.15, 0.2) is 42.6 Å². The van der Waals surface area contributed by atoms with Crippen LogP contribution in [0.4, 0.5) is 5.69 Å². The number of hydrogen-bond donors (Lipinski definition) is 2. The molecule has 5 heteroatoms. The Morgan fingerprint density at radius 2 is 2.14 bits per heavy atom. The van der Waals surface area contributed by atoms with E-state index < -0.39 is 0 Å². The number of carbonyl (C=O) groups excluding carboxylic acids is 1. The Balaban J connectivity index is 1.76. The number of rotatable bonds is 6. The molecule has 0 unspecified atom stereocenters. The fourth-order valence-electron chi connectivity index (χ4n) is 1.81. The van der Waals surface area contributed by atoms with Gasteiger partial charge in [-0.05, 0) is 36.8 Å². The van der Waals surface area contributed by atoms with Crippen LogP contribution in [0.3, 0.4) is 0 Å². The number of nitrogens with one attached hydrogen (secondary N) is 2. The molecular weight excluding hydrogens is 266 g/mol. The Kier molecular flexibility index (Phi) is 5.15. The van der Waals surface area contributed by atoms with Crippen molar-refractivity contribution < 1.29 is 9.53 Å². The quantitative estimate of drug-likeness (QED) is 0.799. The predicted octanol–water partition coefficient (Wildman–Crippen LogP) is 2.24. The second-order valence-electron chi connectivity index (χ2n) is 4.60. The first kappa shape index (κ1) is 14.8. The Labute approximate surface area is 124 Å². The molecule has 0 atom stereocenters. The van der Waals surface area contributed by atoms with E-state index in [-0.39, 0.29) is 5.91 Å². The molecule has 0 aliphatic rings. The molecule has 1 heterocycles. The molecule has 0 bridgehead atoms. The highest BCUT2D eigenvalue weighted by molar-refractivity contribution is 5.92. The first-order valence-corrected chi connectivity index (χ1v) is 6.80. The van der Waals surface area contributed by atoms with Crippen molar-refractivity contribution in [1.82, 2.24) is 10.3 Å². The number of pyridine rings is 1. The largest absolute Gasteiger partial charge is 0.492 e. The molecule has 1 aromatic carbocycles. The van der Waals surface area contributed by atoms with E-state index in [1.165, 1.54) is 0 Å². The summed E-state index contributed by atoms with van der Waals surface area (Å²) in [5.74, 6) is 0.603. The van der Waals surface area contributed by atoms with E-state index in [4.69, 9.17) is 4.74 Å². The third-order valence-electron chi connectivity index (χ3n) is 2.93. The van der Waals surface area contributed by atoms with Gasteiger partial charge in [-0.2, -0.15) is 0 Å². The topological polar surface area (TPSA) is 63.2 Å². The van der Waals surface area contributed by atoms with Crippen LogP contribution >= 0.6 is 0 Å². The Bertz CT molecular complexity index is 597. The van der Waals surface area contributed by atoms with Crippen molar-refractivity contribution in [3.8, 4) is 5.75 Å². The maximum absolute atomic E-state index is 11.9. The van der Waals surface area contributed by atoms with Gasteiger partial charge in [-0.15, -0.1) is 0 Å². The van der Waals surface area contributed by atoms with Crippen LogP contribution < -0.4 is 15.4 Å². The van der Waals surface area contributed by atoms with Gasteiger partial charge in [-0.3, -0.25) is 4.79 Å². The van der Waals surface area contributed by atoms with Crippen molar-refractivity contribution in [1.29, 1.82) is 0 Å². The van der Waals surface area contributed by atoms with Crippen molar-refractivity contribution in [2.24, 2.45) is 0 Å². The third kappa shape index (κ3) is 4.49. The summed E-state index contributed by atoms with van der Waals surface area (Å²) in [6.45, 7) is 2.86. The fourth-order valence-corrected chi connectivity index (χ4v) is 1.81. The zero-order chi connectivity index (χ0) is 15.1. The van der Waals surface area contributed by atoms with Crippen LogP contribution in [0.25, 0.3) is 0 Å². The molecule has 2 N–H and O–H groups in total. The molecule has 0 radical (unpaired) electrons. The average molecular weight is 285 g/mol. The minimum Gasteiger partial charge on any atom is -0.492 e. The number of nitrogens with zero attached hydrogens (tertiary/aromatic N) is 1. The highest BCUT2D eigenvalue weighted by atomic mass is 16.5. The van der Waals surface area contributed by atoms with Crippen molar-refractivity contribution in [2.45, 2.75) is 6.92 Å². The number of carbonyl (C=O) groups is 1. The molecular formula is C16H19N3O2. The highest BCUT2D eigenvalue weighted by Crippen LogP contribution is 2.11. The number of hydrogen-bond acceptors (Lipinski definition) is 4. The molecule has 5 nitrogen and oxygen atoms in total. The highest BCUT2D eigenvalue weighted by Gasteiger charge is 2.06. The summed E-state index contributed by atoms with van der Waals surface area (Å²) >= 11 is 0. The molecule has 0 saturated carbocycles. The van der Waals surface area contributed by atoms with Crippen molar-refractivity contribution in [3.05, 3.63) is 53.9 Å². The van der Waals surface area contributed by atoms with Gasteiger partial charge in [0, 0.05) is 7.05 Å². The lowest BCUT2D eigenvalue weighted by Gasteiger charge is -2.08. The minimum atomic E-state index is -0.203. The van der Waals surface area contributed by atoms with E-state index in [1.807, 2.05) is 37.3 Å². The molecule has 21 heavy (non-hydrogen) atoms. The molecule has 0 aliphatic heterocycles. The van der Waals surface area contributed by atoms with Gasteiger partial charge in [0.25, 0.3) is 5.91 Å². The van der Waals surface area contributed by atoms with Gasteiger partial charge in [0.2, 0.25) is 0 Å². The van der Waals surface area contributed by atoms with Gasteiger partial charge in [0.15, 0.2) is 0 Å². The monoisotopic (exact) mass is 285 g/mol.